The highest BCUT2D eigenvalue weighted by Gasteiger charge is 2.22. The molecule has 1 fully saturated rings. The standard InChI is InChI=1S/C10H20N2O/c1-3-7-12(4-2)10(13)8-11-9-5-6-9/h9,11H,3-8H2,1-2H3. The van der Waals surface area contributed by atoms with Gasteiger partial charge in [-0.1, -0.05) is 6.92 Å². The smallest absolute Gasteiger partial charge is 0.236 e. The van der Waals surface area contributed by atoms with Crippen LogP contribution < -0.4 is 5.32 Å². The van der Waals surface area contributed by atoms with Crippen LogP contribution in [0.3, 0.4) is 0 Å². The van der Waals surface area contributed by atoms with E-state index in [-0.39, 0.29) is 5.91 Å². The van der Waals surface area contributed by atoms with Crippen molar-refractivity contribution in [3.63, 3.8) is 0 Å². The minimum atomic E-state index is 0.247. The minimum absolute atomic E-state index is 0.247. The lowest BCUT2D eigenvalue weighted by Gasteiger charge is -2.20. The molecule has 1 amide bonds. The average molecular weight is 184 g/mol. The fraction of sp³-hybridized carbons (Fsp3) is 0.900. The molecule has 1 N–H and O–H groups in total. The van der Waals surface area contributed by atoms with E-state index in [9.17, 15) is 4.79 Å². The molecule has 3 heteroatoms. The molecule has 0 radical (unpaired) electrons. The molecule has 3 nitrogen and oxygen atoms in total. The first-order chi connectivity index (χ1) is 6.27. The molecular weight excluding hydrogens is 164 g/mol. The number of likely N-dealkylation sites (N-methyl/N-ethyl adjacent to an activating group) is 1. The van der Waals surface area contributed by atoms with Crippen LogP contribution in [0.4, 0.5) is 0 Å². The van der Waals surface area contributed by atoms with Crippen molar-refractivity contribution in [2.24, 2.45) is 0 Å². The maximum atomic E-state index is 11.6. The molecule has 1 saturated carbocycles. The van der Waals surface area contributed by atoms with E-state index in [4.69, 9.17) is 0 Å². The van der Waals surface area contributed by atoms with Gasteiger partial charge in [-0.25, -0.2) is 0 Å². The van der Waals surface area contributed by atoms with Crippen LogP contribution in [-0.2, 0) is 4.79 Å². The number of amides is 1. The second-order valence-corrected chi connectivity index (χ2v) is 3.63. The third-order valence-corrected chi connectivity index (χ3v) is 2.35. The number of hydrogen-bond donors (Lipinski definition) is 1. The summed E-state index contributed by atoms with van der Waals surface area (Å²) in [5, 5.41) is 3.24. The fourth-order valence-electron chi connectivity index (χ4n) is 1.36. The zero-order valence-electron chi connectivity index (χ0n) is 8.68. The van der Waals surface area contributed by atoms with Crippen molar-refractivity contribution in [2.45, 2.75) is 39.2 Å². The number of carbonyl (C=O) groups excluding carboxylic acids is 1. The highest BCUT2D eigenvalue weighted by molar-refractivity contribution is 5.78. The predicted molar refractivity (Wildman–Crippen MR) is 53.6 cm³/mol. The molecule has 76 valence electrons. The molecule has 13 heavy (non-hydrogen) atoms. The lowest BCUT2D eigenvalue weighted by molar-refractivity contribution is -0.130. The summed E-state index contributed by atoms with van der Waals surface area (Å²) in [6.07, 6.45) is 3.53. The molecule has 0 bridgehead atoms. The fourth-order valence-corrected chi connectivity index (χ4v) is 1.36. The molecular formula is C10H20N2O. The van der Waals surface area contributed by atoms with Crippen LogP contribution in [0.25, 0.3) is 0 Å². The quantitative estimate of drug-likeness (QED) is 0.668. The van der Waals surface area contributed by atoms with Gasteiger partial charge in [-0.3, -0.25) is 4.79 Å². The van der Waals surface area contributed by atoms with Crippen molar-refractivity contribution in [3.05, 3.63) is 0 Å². The van der Waals surface area contributed by atoms with Crippen molar-refractivity contribution >= 4 is 5.91 Å². The first-order valence-corrected chi connectivity index (χ1v) is 5.29. The number of nitrogens with zero attached hydrogens (tertiary/aromatic N) is 1. The van der Waals surface area contributed by atoms with Crippen LogP contribution in [-0.4, -0.2) is 36.5 Å². The molecule has 1 aliphatic rings. The predicted octanol–water partition coefficient (Wildman–Crippen LogP) is 0.997. The average Bonchev–Trinajstić information content (AvgIpc) is 2.93. The van der Waals surface area contributed by atoms with Crippen LogP contribution in [0.2, 0.25) is 0 Å². The zero-order valence-corrected chi connectivity index (χ0v) is 8.68. The highest BCUT2D eigenvalue weighted by Crippen LogP contribution is 2.18. The molecule has 0 aromatic heterocycles. The first-order valence-electron chi connectivity index (χ1n) is 5.29. The van der Waals surface area contributed by atoms with Gasteiger partial charge in [0, 0.05) is 19.1 Å². The van der Waals surface area contributed by atoms with Crippen LogP contribution in [0.15, 0.2) is 0 Å². The third kappa shape index (κ3) is 3.77. The normalized spacial score (nSPS) is 15.8. The summed E-state index contributed by atoms with van der Waals surface area (Å²) in [6.45, 7) is 6.38. The SMILES string of the molecule is CCCN(CC)C(=O)CNC1CC1. The Kier molecular flexibility index (Phi) is 4.22. The second-order valence-electron chi connectivity index (χ2n) is 3.63. The Morgan fingerprint density at radius 1 is 1.46 bits per heavy atom. The molecule has 0 aliphatic heterocycles. The van der Waals surface area contributed by atoms with Crippen molar-refractivity contribution in [1.82, 2.24) is 10.2 Å². The molecule has 0 aromatic rings. The summed E-state index contributed by atoms with van der Waals surface area (Å²) in [5.74, 6) is 0.247. The third-order valence-electron chi connectivity index (χ3n) is 2.35. The molecule has 0 heterocycles. The molecule has 1 aliphatic carbocycles. The lowest BCUT2D eigenvalue weighted by atomic mass is 10.4. The number of rotatable bonds is 6. The summed E-state index contributed by atoms with van der Waals surface area (Å²) in [7, 11) is 0. The van der Waals surface area contributed by atoms with Crippen molar-refractivity contribution in [3.8, 4) is 0 Å². The number of hydrogen-bond acceptors (Lipinski definition) is 2. The van der Waals surface area contributed by atoms with Gasteiger partial charge in [0.05, 0.1) is 6.54 Å². The molecule has 1 rings (SSSR count). The van der Waals surface area contributed by atoms with Gasteiger partial charge in [0.2, 0.25) is 5.91 Å². The van der Waals surface area contributed by atoms with E-state index in [1.807, 2.05) is 11.8 Å². The van der Waals surface area contributed by atoms with Crippen molar-refractivity contribution in [2.75, 3.05) is 19.6 Å². The van der Waals surface area contributed by atoms with E-state index in [1.165, 1.54) is 12.8 Å². The van der Waals surface area contributed by atoms with Gasteiger partial charge in [-0.05, 0) is 26.2 Å². The van der Waals surface area contributed by atoms with E-state index >= 15 is 0 Å². The summed E-state index contributed by atoms with van der Waals surface area (Å²) < 4.78 is 0. The van der Waals surface area contributed by atoms with Crippen LogP contribution >= 0.6 is 0 Å². The molecule has 0 unspecified atom stereocenters. The van der Waals surface area contributed by atoms with E-state index < -0.39 is 0 Å². The Balaban J connectivity index is 2.16. The zero-order chi connectivity index (χ0) is 9.68. The van der Waals surface area contributed by atoms with Gasteiger partial charge >= 0.3 is 0 Å². The van der Waals surface area contributed by atoms with Crippen LogP contribution in [0.1, 0.15) is 33.1 Å². The maximum Gasteiger partial charge on any atom is 0.236 e. The van der Waals surface area contributed by atoms with Gasteiger partial charge in [-0.2, -0.15) is 0 Å². The molecule has 0 aromatic carbocycles. The number of nitrogens with one attached hydrogen (secondary N) is 1. The molecule has 0 saturated heterocycles. The minimum Gasteiger partial charge on any atom is -0.342 e. The van der Waals surface area contributed by atoms with Gasteiger partial charge in [0.15, 0.2) is 0 Å². The second kappa shape index (κ2) is 5.22. The Bertz CT molecular complexity index is 166. The largest absolute Gasteiger partial charge is 0.342 e. The molecule has 0 spiro atoms. The Hall–Kier alpha value is -0.570. The Labute approximate surface area is 80.5 Å². The van der Waals surface area contributed by atoms with E-state index in [1.54, 1.807) is 0 Å². The topological polar surface area (TPSA) is 32.3 Å². The van der Waals surface area contributed by atoms with Crippen molar-refractivity contribution < 1.29 is 4.79 Å². The van der Waals surface area contributed by atoms with E-state index in [0.29, 0.717) is 12.6 Å². The Morgan fingerprint density at radius 2 is 2.15 bits per heavy atom. The van der Waals surface area contributed by atoms with E-state index in [0.717, 1.165) is 19.5 Å². The van der Waals surface area contributed by atoms with Gasteiger partial charge in [0.1, 0.15) is 0 Å². The van der Waals surface area contributed by atoms with Crippen LogP contribution in [0, 0.1) is 0 Å². The van der Waals surface area contributed by atoms with Gasteiger partial charge in [0.25, 0.3) is 0 Å². The number of carbonyl (C=O) groups is 1. The summed E-state index contributed by atoms with van der Waals surface area (Å²) in [6, 6.07) is 0.629. The van der Waals surface area contributed by atoms with Gasteiger partial charge < -0.3 is 10.2 Å². The van der Waals surface area contributed by atoms with E-state index in [2.05, 4.69) is 12.2 Å². The van der Waals surface area contributed by atoms with Crippen molar-refractivity contribution in [1.29, 1.82) is 0 Å². The summed E-state index contributed by atoms with van der Waals surface area (Å²) in [5.41, 5.74) is 0. The summed E-state index contributed by atoms with van der Waals surface area (Å²) >= 11 is 0. The highest BCUT2D eigenvalue weighted by atomic mass is 16.2. The maximum absolute atomic E-state index is 11.6. The Morgan fingerprint density at radius 3 is 2.62 bits per heavy atom. The first kappa shape index (κ1) is 10.5. The lowest BCUT2D eigenvalue weighted by Crippen LogP contribution is -2.39. The van der Waals surface area contributed by atoms with Gasteiger partial charge in [-0.15, -0.1) is 0 Å². The van der Waals surface area contributed by atoms with Crippen LogP contribution in [0.5, 0.6) is 0 Å². The summed E-state index contributed by atoms with van der Waals surface area (Å²) in [4.78, 5) is 13.5. The molecule has 0 atom stereocenters. The monoisotopic (exact) mass is 184 g/mol.